The molecule has 0 aliphatic carbocycles. The molecule has 4 rings (SSSR count). The Balaban J connectivity index is 1.55. The third-order valence-electron chi connectivity index (χ3n) is 5.63. The van der Waals surface area contributed by atoms with E-state index in [1.807, 2.05) is 31.3 Å². The minimum absolute atomic E-state index is 0.00817. The lowest BCUT2D eigenvalue weighted by molar-refractivity contribution is 0.0461. The van der Waals surface area contributed by atoms with Crippen LogP contribution < -0.4 is 5.32 Å². The summed E-state index contributed by atoms with van der Waals surface area (Å²) < 4.78 is 1.70. The molecule has 1 aromatic heterocycles. The Morgan fingerprint density at radius 1 is 1.17 bits per heavy atom. The summed E-state index contributed by atoms with van der Waals surface area (Å²) in [5.74, 6) is 0.00817. The smallest absolute Gasteiger partial charge is 0.270 e. The summed E-state index contributed by atoms with van der Waals surface area (Å²) >= 11 is 0. The van der Waals surface area contributed by atoms with Crippen molar-refractivity contribution in [2.75, 3.05) is 7.05 Å². The Morgan fingerprint density at radius 2 is 1.87 bits per heavy atom. The molecule has 3 heterocycles. The average Bonchev–Trinajstić information content (AvgIpc) is 2.84. The van der Waals surface area contributed by atoms with E-state index in [0.717, 1.165) is 23.7 Å². The van der Waals surface area contributed by atoms with E-state index in [-0.39, 0.29) is 11.9 Å². The van der Waals surface area contributed by atoms with Crippen molar-refractivity contribution < 1.29 is 4.79 Å². The number of fused-ring (bicyclic) bond motifs is 3. The number of aryl methyl sites for hydroxylation is 1. The monoisotopic (exact) mass is 312 g/mol. The molecule has 0 unspecified atom stereocenters. The second kappa shape index (κ2) is 5.64. The number of carbonyl (C=O) groups is 1. The second-order valence-corrected chi connectivity index (χ2v) is 7.04. The molecule has 2 aromatic rings. The Labute approximate surface area is 136 Å². The fourth-order valence-corrected chi connectivity index (χ4v) is 4.40. The molecule has 2 saturated heterocycles. The zero-order valence-electron chi connectivity index (χ0n) is 13.8. The van der Waals surface area contributed by atoms with E-state index in [1.165, 1.54) is 19.3 Å². The Kier molecular flexibility index (Phi) is 3.60. The fraction of sp³-hybridized carbons (Fsp3) is 0.556. The van der Waals surface area contributed by atoms with E-state index in [1.54, 1.807) is 4.68 Å². The van der Waals surface area contributed by atoms with Gasteiger partial charge in [-0.2, -0.15) is 5.10 Å². The number of rotatable bonds is 2. The molecular formula is C18H24N4O. The van der Waals surface area contributed by atoms with E-state index in [9.17, 15) is 4.79 Å². The van der Waals surface area contributed by atoms with Gasteiger partial charge in [-0.3, -0.25) is 9.48 Å². The van der Waals surface area contributed by atoms with Crippen LogP contribution in [-0.2, 0) is 7.05 Å². The number of aromatic nitrogens is 2. The van der Waals surface area contributed by atoms with Crippen LogP contribution in [0.3, 0.4) is 0 Å². The summed E-state index contributed by atoms with van der Waals surface area (Å²) in [4.78, 5) is 15.3. The zero-order chi connectivity index (χ0) is 16.0. The van der Waals surface area contributed by atoms with Gasteiger partial charge in [0, 0.05) is 30.6 Å². The maximum atomic E-state index is 12.8. The zero-order valence-corrected chi connectivity index (χ0v) is 13.8. The third kappa shape index (κ3) is 2.53. The molecule has 0 saturated carbocycles. The summed E-state index contributed by atoms with van der Waals surface area (Å²) in [6.45, 7) is 0. The first-order valence-corrected chi connectivity index (χ1v) is 8.58. The molecule has 2 aliphatic rings. The highest BCUT2D eigenvalue weighted by Crippen LogP contribution is 2.32. The van der Waals surface area contributed by atoms with Crippen LogP contribution in [0.4, 0.5) is 0 Å². The summed E-state index contributed by atoms with van der Waals surface area (Å²) in [7, 11) is 4.08. The lowest BCUT2D eigenvalue weighted by atomic mass is 9.82. The topological polar surface area (TPSA) is 50.2 Å². The molecule has 5 nitrogen and oxygen atoms in total. The number of hydrogen-bond acceptors (Lipinski definition) is 3. The van der Waals surface area contributed by atoms with Crippen LogP contribution >= 0.6 is 0 Å². The number of nitrogens with one attached hydrogen (secondary N) is 1. The van der Waals surface area contributed by atoms with Crippen molar-refractivity contribution in [2.45, 2.75) is 50.2 Å². The highest BCUT2D eigenvalue weighted by molar-refractivity contribution is 6.05. The van der Waals surface area contributed by atoms with Gasteiger partial charge in [0.25, 0.3) is 5.91 Å². The van der Waals surface area contributed by atoms with Crippen molar-refractivity contribution in [2.24, 2.45) is 7.05 Å². The van der Waals surface area contributed by atoms with Gasteiger partial charge in [0.1, 0.15) is 5.69 Å². The Bertz CT molecular complexity index is 724. The van der Waals surface area contributed by atoms with Crippen LogP contribution in [0.1, 0.15) is 42.6 Å². The van der Waals surface area contributed by atoms with Gasteiger partial charge in [0.2, 0.25) is 0 Å². The van der Waals surface area contributed by atoms with Crippen LogP contribution in [0.2, 0.25) is 0 Å². The van der Waals surface area contributed by atoms with Crippen LogP contribution in [0.15, 0.2) is 24.3 Å². The molecule has 0 spiro atoms. The van der Waals surface area contributed by atoms with Crippen molar-refractivity contribution in [3.63, 3.8) is 0 Å². The van der Waals surface area contributed by atoms with Crippen molar-refractivity contribution >= 4 is 16.8 Å². The molecular weight excluding hydrogens is 288 g/mol. The highest BCUT2D eigenvalue weighted by atomic mass is 16.2. The number of piperidine rings is 2. The molecule has 23 heavy (non-hydrogen) atoms. The highest BCUT2D eigenvalue weighted by Gasteiger charge is 2.36. The van der Waals surface area contributed by atoms with Gasteiger partial charge >= 0.3 is 0 Å². The molecule has 1 aromatic carbocycles. The molecule has 2 bridgehead atoms. The second-order valence-electron chi connectivity index (χ2n) is 7.04. The van der Waals surface area contributed by atoms with Crippen molar-refractivity contribution in [1.29, 1.82) is 0 Å². The predicted octanol–water partition coefficient (Wildman–Crippen LogP) is 2.32. The number of nitrogens with zero attached hydrogens (tertiary/aromatic N) is 3. The molecule has 3 atom stereocenters. The van der Waals surface area contributed by atoms with E-state index in [0.29, 0.717) is 17.8 Å². The lowest BCUT2D eigenvalue weighted by Gasteiger charge is -2.47. The Morgan fingerprint density at radius 3 is 2.61 bits per heavy atom. The first kappa shape index (κ1) is 14.7. The van der Waals surface area contributed by atoms with Gasteiger partial charge in [-0.05, 0) is 38.8 Å². The van der Waals surface area contributed by atoms with Crippen LogP contribution in [0.5, 0.6) is 0 Å². The molecule has 5 heteroatoms. The van der Waals surface area contributed by atoms with Crippen molar-refractivity contribution in [3.8, 4) is 0 Å². The van der Waals surface area contributed by atoms with Gasteiger partial charge in [-0.1, -0.05) is 24.6 Å². The number of carbonyl (C=O) groups excluding carboxylic acids is 1. The van der Waals surface area contributed by atoms with Gasteiger partial charge in [0.15, 0.2) is 0 Å². The maximum Gasteiger partial charge on any atom is 0.270 e. The van der Waals surface area contributed by atoms with E-state index in [2.05, 4.69) is 22.4 Å². The number of benzene rings is 1. The van der Waals surface area contributed by atoms with E-state index >= 15 is 0 Å². The summed E-state index contributed by atoms with van der Waals surface area (Å²) in [5.41, 5.74) is 1.55. The van der Waals surface area contributed by atoms with Gasteiger partial charge < -0.3 is 10.2 Å². The van der Waals surface area contributed by atoms with Crippen molar-refractivity contribution in [1.82, 2.24) is 20.0 Å². The molecule has 122 valence electrons. The first-order valence-electron chi connectivity index (χ1n) is 8.58. The number of hydrogen-bond donors (Lipinski definition) is 1. The van der Waals surface area contributed by atoms with E-state index < -0.39 is 0 Å². The molecule has 2 aliphatic heterocycles. The fourth-order valence-electron chi connectivity index (χ4n) is 4.40. The maximum absolute atomic E-state index is 12.8. The third-order valence-corrected chi connectivity index (χ3v) is 5.63. The summed E-state index contributed by atoms with van der Waals surface area (Å²) in [5, 5.41) is 8.65. The average molecular weight is 312 g/mol. The summed E-state index contributed by atoms with van der Waals surface area (Å²) in [6, 6.07) is 9.36. The molecule has 1 amide bonds. The Hall–Kier alpha value is -1.88. The van der Waals surface area contributed by atoms with Crippen LogP contribution in [0.25, 0.3) is 10.9 Å². The standard InChI is InChI=1S/C18H24N4O/c1-21-13-6-5-7-14(21)11-12(10-13)19-18(23)17-15-8-3-4-9-16(15)20-22(17)2/h3-4,8-9,12-14H,5-7,10-11H2,1-2H3,(H,19,23)/t12-,13+,14-. The van der Waals surface area contributed by atoms with Gasteiger partial charge in [-0.15, -0.1) is 0 Å². The lowest BCUT2D eigenvalue weighted by Crippen LogP contribution is -2.55. The summed E-state index contributed by atoms with van der Waals surface area (Å²) in [6.07, 6.45) is 5.97. The quantitative estimate of drug-likeness (QED) is 0.926. The minimum atomic E-state index is 0.00817. The first-order chi connectivity index (χ1) is 11.1. The number of amides is 1. The minimum Gasteiger partial charge on any atom is -0.348 e. The molecule has 2 fully saturated rings. The SMILES string of the molecule is CN1[C@@H]2CCC[C@H]1C[C@@H](NC(=O)c1c3ccccc3nn1C)C2. The normalized spacial score (nSPS) is 28.0. The van der Waals surface area contributed by atoms with Crippen molar-refractivity contribution in [3.05, 3.63) is 30.0 Å². The van der Waals surface area contributed by atoms with Crippen LogP contribution in [0, 0.1) is 0 Å². The predicted molar refractivity (Wildman–Crippen MR) is 90.4 cm³/mol. The van der Waals surface area contributed by atoms with Gasteiger partial charge in [-0.25, -0.2) is 0 Å². The van der Waals surface area contributed by atoms with Gasteiger partial charge in [0.05, 0.1) is 5.52 Å². The molecule has 0 radical (unpaired) electrons. The largest absolute Gasteiger partial charge is 0.348 e. The molecule has 1 N–H and O–H groups in total. The van der Waals surface area contributed by atoms with E-state index in [4.69, 9.17) is 0 Å². The van der Waals surface area contributed by atoms with Crippen LogP contribution in [-0.4, -0.2) is 45.8 Å².